The van der Waals surface area contributed by atoms with E-state index in [0.717, 1.165) is 116 Å². The van der Waals surface area contributed by atoms with Crippen molar-refractivity contribution in [2.75, 3.05) is 26.4 Å². The molecule has 0 aromatic carbocycles. The summed E-state index contributed by atoms with van der Waals surface area (Å²) in [4.78, 5) is 13.5. The van der Waals surface area contributed by atoms with Gasteiger partial charge in [0.25, 0.3) is 0 Å². The van der Waals surface area contributed by atoms with E-state index in [1.54, 1.807) is 0 Å². The van der Waals surface area contributed by atoms with Crippen molar-refractivity contribution in [2.24, 2.45) is 0 Å². The number of aliphatic hydroxyl groups excluding tert-OH is 11. The van der Waals surface area contributed by atoms with Gasteiger partial charge in [-0.2, -0.15) is 0 Å². The van der Waals surface area contributed by atoms with E-state index in [1.807, 2.05) is 0 Å². The molecule has 0 aromatic rings. The summed E-state index contributed by atoms with van der Waals surface area (Å²) in [5, 5.41) is 121. The zero-order valence-electron chi connectivity index (χ0n) is 66.3. The molecule has 3 aliphatic rings. The Morgan fingerprint density at radius 2 is 0.645 bits per heavy atom. The van der Waals surface area contributed by atoms with E-state index in [2.05, 4.69) is 129 Å². The highest BCUT2D eigenvalue weighted by atomic mass is 16.8. The highest BCUT2D eigenvalue weighted by Crippen LogP contribution is 2.33. The third-order valence-electron chi connectivity index (χ3n) is 20.6. The number of hydrogen-bond donors (Lipinski definition) is 12. The first-order valence-electron chi connectivity index (χ1n) is 42.6. The van der Waals surface area contributed by atoms with Crippen LogP contribution in [0.2, 0.25) is 0 Å². The van der Waals surface area contributed by atoms with Crippen molar-refractivity contribution in [3.05, 3.63) is 109 Å². The lowest BCUT2D eigenvalue weighted by molar-refractivity contribution is -0.379. The smallest absolute Gasteiger partial charge is 0.220 e. The van der Waals surface area contributed by atoms with Gasteiger partial charge in [0.05, 0.1) is 38.6 Å². The lowest BCUT2D eigenvalue weighted by Gasteiger charge is -2.48. The Hall–Kier alpha value is -3.55. The fraction of sp³-hybridized carbons (Fsp3) is 0.784. The number of allylic oxidation sites excluding steroid dienone is 18. The molecule has 0 aliphatic carbocycles. The Bertz CT molecular complexity index is 2360. The quantitative estimate of drug-likeness (QED) is 0.0199. The van der Waals surface area contributed by atoms with Gasteiger partial charge in [-0.15, -0.1) is 0 Å². The molecular weight excluding hydrogens is 1360 g/mol. The Balaban J connectivity index is 1.34. The van der Waals surface area contributed by atoms with Crippen LogP contribution in [-0.2, 0) is 33.2 Å². The summed E-state index contributed by atoms with van der Waals surface area (Å²) in [6, 6.07) is -0.897. The summed E-state index contributed by atoms with van der Waals surface area (Å²) >= 11 is 0. The zero-order valence-corrected chi connectivity index (χ0v) is 66.3. The first kappa shape index (κ1) is 97.6. The summed E-state index contributed by atoms with van der Waals surface area (Å²) < 4.78 is 34.5. The molecule has 3 fully saturated rings. The molecule has 3 rings (SSSR count). The van der Waals surface area contributed by atoms with E-state index in [0.29, 0.717) is 12.8 Å². The average molecular weight is 1510 g/mol. The number of amides is 1. The fourth-order valence-corrected chi connectivity index (χ4v) is 13.8. The average Bonchev–Trinajstić information content (AvgIpc) is 0.781. The van der Waals surface area contributed by atoms with Crippen LogP contribution in [0.5, 0.6) is 0 Å². The molecule has 1 amide bonds. The van der Waals surface area contributed by atoms with Crippen molar-refractivity contribution in [2.45, 2.75) is 413 Å². The van der Waals surface area contributed by atoms with Gasteiger partial charge in [0.1, 0.15) is 73.2 Å². The van der Waals surface area contributed by atoms with Crippen LogP contribution < -0.4 is 5.32 Å². The number of carbonyl (C=O) groups is 1. The summed E-state index contributed by atoms with van der Waals surface area (Å²) in [6.07, 6.45) is 66.0. The standard InChI is InChI=1S/C88H153NO18/c1-3-5-7-9-11-13-15-17-19-21-23-25-27-28-29-30-31-32-33-34-35-36-37-38-39-40-41-42-44-46-48-50-52-54-56-58-60-62-64-66-76(94)89-71(72(93)65-63-61-59-57-55-53-51-49-47-45-43-26-24-22-20-18-16-14-12-10-8-6-4-2)70-102-86-82(100)79(97)84(74(68-91)104-86)107-88-83(101)80(98)85(75(69-92)105-88)106-87-81(99)78(96)77(95)73(67-90)103-87/h5,7,11,13,17,19,23,25,28-29,31-32,34-35,37-38,40-41,71-75,77-88,90-93,95-101H,3-4,6,8-10,12,14-16,18,20-22,24,26-27,30,33,36,39,42-70H2,1-2H3,(H,89,94)/b7-5-,13-11-,19-17-,25-23-,29-28-,32-31-,35-34-,38-37-,41-40-. The Morgan fingerprint density at radius 3 is 1.01 bits per heavy atom. The number of rotatable bonds is 67. The number of ether oxygens (including phenoxy) is 6. The minimum Gasteiger partial charge on any atom is -0.394 e. The molecule has 12 N–H and O–H groups in total. The maximum Gasteiger partial charge on any atom is 0.220 e. The monoisotopic (exact) mass is 1510 g/mol. The highest BCUT2D eigenvalue weighted by molar-refractivity contribution is 5.76. The van der Waals surface area contributed by atoms with Crippen LogP contribution in [-0.4, -0.2) is 193 Å². The Labute approximate surface area is 646 Å². The number of unbranched alkanes of at least 4 members (excludes halogenated alkanes) is 33. The highest BCUT2D eigenvalue weighted by Gasteiger charge is 2.54. The SMILES string of the molecule is CC/C=C\C/C=C\C/C=C\C/C=C\C/C=C\C/C=C\C/C=C\C/C=C\C/C=C\CCCCCCCCCCCCCC(=O)NC(COC1OC(CO)C(OC2OC(CO)C(OC3OC(CO)C(O)C(O)C3O)C(O)C2O)C(O)C1O)C(O)CCCCCCCCCCCCCCCCCCCCCCCCC. The van der Waals surface area contributed by atoms with Crippen molar-refractivity contribution >= 4 is 5.91 Å². The first-order valence-corrected chi connectivity index (χ1v) is 42.6. The molecular formula is C88H153NO18. The maximum absolute atomic E-state index is 13.5. The molecule has 3 saturated heterocycles. The second-order valence-corrected chi connectivity index (χ2v) is 29.9. The summed E-state index contributed by atoms with van der Waals surface area (Å²) in [6.45, 7) is 1.71. The third kappa shape index (κ3) is 46.3. The van der Waals surface area contributed by atoms with E-state index < -0.39 is 124 Å². The topological polar surface area (TPSA) is 307 Å². The summed E-state index contributed by atoms with van der Waals surface area (Å²) in [5.74, 6) is -0.247. The van der Waals surface area contributed by atoms with Gasteiger partial charge in [0.15, 0.2) is 18.9 Å². The van der Waals surface area contributed by atoms with Crippen molar-refractivity contribution in [1.29, 1.82) is 0 Å². The predicted molar refractivity (Wildman–Crippen MR) is 429 cm³/mol. The number of nitrogens with one attached hydrogen (secondary N) is 1. The normalized spacial score (nSPS) is 26.1. The summed E-state index contributed by atoms with van der Waals surface area (Å²) in [5.41, 5.74) is 0. The van der Waals surface area contributed by atoms with Gasteiger partial charge in [-0.25, -0.2) is 0 Å². The van der Waals surface area contributed by atoms with Crippen molar-refractivity contribution in [3.63, 3.8) is 0 Å². The van der Waals surface area contributed by atoms with Gasteiger partial charge in [0.2, 0.25) is 5.91 Å². The van der Waals surface area contributed by atoms with Crippen LogP contribution in [0.1, 0.15) is 309 Å². The fourth-order valence-electron chi connectivity index (χ4n) is 13.8. The third-order valence-corrected chi connectivity index (χ3v) is 20.6. The molecule has 618 valence electrons. The van der Waals surface area contributed by atoms with Crippen LogP contribution in [0.15, 0.2) is 109 Å². The number of hydrogen-bond acceptors (Lipinski definition) is 18. The molecule has 3 aliphatic heterocycles. The van der Waals surface area contributed by atoms with Gasteiger partial charge in [-0.1, -0.05) is 329 Å². The molecule has 0 aromatic heterocycles. The molecule has 19 nitrogen and oxygen atoms in total. The zero-order chi connectivity index (χ0) is 77.4. The Kier molecular flexibility index (Phi) is 61.1. The second-order valence-electron chi connectivity index (χ2n) is 29.9. The van der Waals surface area contributed by atoms with Gasteiger partial charge < -0.3 is 89.9 Å². The molecule has 17 atom stereocenters. The molecule has 0 saturated carbocycles. The van der Waals surface area contributed by atoms with Crippen LogP contribution in [0.4, 0.5) is 0 Å². The lowest BCUT2D eigenvalue weighted by atomic mass is 9.96. The minimum absolute atomic E-state index is 0.247. The predicted octanol–water partition coefficient (Wildman–Crippen LogP) is 15.3. The van der Waals surface area contributed by atoms with E-state index >= 15 is 0 Å². The number of aliphatic hydroxyl groups is 11. The Morgan fingerprint density at radius 1 is 0.346 bits per heavy atom. The second kappa shape index (κ2) is 67.0. The molecule has 107 heavy (non-hydrogen) atoms. The molecule has 19 heteroatoms. The van der Waals surface area contributed by atoms with Crippen LogP contribution in [0, 0.1) is 0 Å². The molecule has 3 heterocycles. The molecule has 0 radical (unpaired) electrons. The van der Waals surface area contributed by atoms with Gasteiger partial charge in [-0.3, -0.25) is 4.79 Å². The van der Waals surface area contributed by atoms with E-state index in [1.165, 1.54) is 161 Å². The largest absolute Gasteiger partial charge is 0.394 e. The van der Waals surface area contributed by atoms with Crippen LogP contribution in [0.25, 0.3) is 0 Å². The molecule has 0 bridgehead atoms. The van der Waals surface area contributed by atoms with Gasteiger partial charge in [0, 0.05) is 6.42 Å². The van der Waals surface area contributed by atoms with Crippen molar-refractivity contribution in [3.8, 4) is 0 Å². The van der Waals surface area contributed by atoms with Crippen molar-refractivity contribution < 1.29 is 89.4 Å². The minimum atomic E-state index is -1.98. The van der Waals surface area contributed by atoms with Gasteiger partial charge >= 0.3 is 0 Å². The molecule has 0 spiro atoms. The van der Waals surface area contributed by atoms with Crippen LogP contribution in [0.3, 0.4) is 0 Å². The van der Waals surface area contributed by atoms with Gasteiger partial charge in [-0.05, 0) is 83.5 Å². The molecule has 17 unspecified atom stereocenters. The van der Waals surface area contributed by atoms with Crippen molar-refractivity contribution in [1.82, 2.24) is 5.32 Å². The summed E-state index contributed by atoms with van der Waals surface area (Å²) in [7, 11) is 0. The number of carbonyl (C=O) groups excluding carboxylic acids is 1. The van der Waals surface area contributed by atoms with Crippen LogP contribution >= 0.6 is 0 Å². The van der Waals surface area contributed by atoms with E-state index in [-0.39, 0.29) is 18.9 Å². The van der Waals surface area contributed by atoms with E-state index in [9.17, 15) is 61.0 Å². The lowest BCUT2D eigenvalue weighted by Crippen LogP contribution is -2.66. The first-order chi connectivity index (χ1) is 52.3. The van der Waals surface area contributed by atoms with E-state index in [4.69, 9.17) is 28.4 Å². The maximum atomic E-state index is 13.5.